The Kier molecular flexibility index (Phi) is 11.2. The molecule has 0 aliphatic heterocycles. The lowest BCUT2D eigenvalue weighted by Crippen LogP contribution is -2.26. The van der Waals surface area contributed by atoms with Crippen LogP contribution in [0, 0.1) is 0 Å². The summed E-state index contributed by atoms with van der Waals surface area (Å²) in [6.07, 6.45) is 7.06. The van der Waals surface area contributed by atoms with Crippen LogP contribution in [0.5, 0.6) is 5.75 Å². The summed E-state index contributed by atoms with van der Waals surface area (Å²) < 4.78 is 18.1. The molecule has 0 heterocycles. The number of rotatable bonds is 15. The lowest BCUT2D eigenvalue weighted by atomic mass is 9.88. The van der Waals surface area contributed by atoms with Crippen LogP contribution in [0.1, 0.15) is 90.1 Å². The van der Waals surface area contributed by atoms with E-state index in [4.69, 9.17) is 14.2 Å². The van der Waals surface area contributed by atoms with Gasteiger partial charge in [-0.2, -0.15) is 0 Å². The highest BCUT2D eigenvalue weighted by molar-refractivity contribution is 5.77. The topological polar surface area (TPSA) is 65.0 Å². The number of carboxylic acids is 1. The van der Waals surface area contributed by atoms with Gasteiger partial charge in [-0.05, 0) is 76.4 Å². The fraction of sp³-hybridized carbons (Fsp3) is 0.325. The Hall–Kier alpha value is -4.19. The van der Waals surface area contributed by atoms with Crippen LogP contribution in [0.15, 0.2) is 91.0 Å². The molecule has 5 nitrogen and oxygen atoms in total. The van der Waals surface area contributed by atoms with Gasteiger partial charge in [0.15, 0.2) is 6.10 Å². The summed E-state index contributed by atoms with van der Waals surface area (Å²) in [5.41, 5.74) is 9.50. The molecule has 5 heteroatoms. The fourth-order valence-corrected chi connectivity index (χ4v) is 5.93. The summed E-state index contributed by atoms with van der Waals surface area (Å²) in [6, 6.07) is 31.7. The summed E-state index contributed by atoms with van der Waals surface area (Å²) >= 11 is 0. The van der Waals surface area contributed by atoms with Crippen LogP contribution in [-0.2, 0) is 27.1 Å². The predicted molar refractivity (Wildman–Crippen MR) is 181 cm³/mol. The monoisotopic (exact) mass is 604 g/mol. The minimum absolute atomic E-state index is 0.217. The molecule has 0 amide bonds. The number of fused-ring (bicyclic) bond motifs is 2. The van der Waals surface area contributed by atoms with Crippen LogP contribution in [0.4, 0.5) is 0 Å². The first-order valence-electron chi connectivity index (χ1n) is 16.1. The van der Waals surface area contributed by atoms with E-state index in [0.29, 0.717) is 26.2 Å². The van der Waals surface area contributed by atoms with E-state index in [0.717, 1.165) is 36.1 Å². The van der Waals surface area contributed by atoms with Crippen LogP contribution < -0.4 is 4.74 Å². The number of carboxylic acid groups (broad SMARTS) is 1. The zero-order valence-corrected chi connectivity index (χ0v) is 26.6. The quantitative estimate of drug-likeness (QED) is 0.137. The highest BCUT2D eigenvalue weighted by atomic mass is 16.5. The van der Waals surface area contributed by atoms with Crippen molar-refractivity contribution in [1.29, 1.82) is 0 Å². The Balaban J connectivity index is 1.32. The number of hydrogen-bond acceptors (Lipinski definition) is 4. The third-order valence-corrected chi connectivity index (χ3v) is 8.51. The molecule has 3 unspecified atom stereocenters. The zero-order valence-electron chi connectivity index (χ0n) is 26.6. The molecule has 4 aromatic rings. The number of hydrogen-bond donors (Lipinski definition) is 1. The molecule has 45 heavy (non-hydrogen) atoms. The number of unbranched alkanes of at least 4 members (excludes halogenated alkanes) is 1. The lowest BCUT2D eigenvalue weighted by molar-refractivity contribution is -0.149. The van der Waals surface area contributed by atoms with Gasteiger partial charge in [-0.1, -0.05) is 111 Å². The Morgan fingerprint density at radius 1 is 0.800 bits per heavy atom. The summed E-state index contributed by atoms with van der Waals surface area (Å²) in [5, 5.41) is 9.38. The minimum atomic E-state index is -0.953. The van der Waals surface area contributed by atoms with Crippen LogP contribution in [0.3, 0.4) is 0 Å². The Morgan fingerprint density at radius 3 is 2.29 bits per heavy atom. The van der Waals surface area contributed by atoms with E-state index in [-0.39, 0.29) is 12.0 Å². The van der Waals surface area contributed by atoms with Crippen molar-refractivity contribution in [3.8, 4) is 5.75 Å². The van der Waals surface area contributed by atoms with E-state index in [1.165, 1.54) is 33.4 Å². The first-order valence-corrected chi connectivity index (χ1v) is 16.1. The molecule has 1 aliphatic rings. The van der Waals surface area contributed by atoms with Crippen molar-refractivity contribution in [3.05, 3.63) is 136 Å². The Morgan fingerprint density at radius 2 is 1.56 bits per heavy atom. The van der Waals surface area contributed by atoms with Gasteiger partial charge in [0, 0.05) is 18.9 Å². The predicted octanol–water partition coefficient (Wildman–Crippen LogP) is 8.88. The normalized spacial score (nSPS) is 15.0. The van der Waals surface area contributed by atoms with Gasteiger partial charge in [0.2, 0.25) is 0 Å². The molecule has 0 saturated heterocycles. The molecular formula is C40H44O5. The van der Waals surface area contributed by atoms with E-state index in [9.17, 15) is 9.90 Å². The molecule has 0 bridgehead atoms. The summed E-state index contributed by atoms with van der Waals surface area (Å²) in [5.74, 6) is 0.0467. The number of benzene rings is 4. The van der Waals surface area contributed by atoms with E-state index in [1.54, 1.807) is 6.92 Å². The van der Waals surface area contributed by atoms with Gasteiger partial charge in [-0.3, -0.25) is 0 Å². The molecule has 5 rings (SSSR count). The van der Waals surface area contributed by atoms with Crippen molar-refractivity contribution >= 4 is 18.1 Å². The number of aryl methyl sites for hydroxylation is 1. The number of ether oxygens (including phenoxy) is 3. The Bertz CT molecular complexity index is 1570. The molecule has 4 aromatic carbocycles. The first-order chi connectivity index (χ1) is 22.0. The molecule has 0 fully saturated rings. The van der Waals surface area contributed by atoms with Gasteiger partial charge in [-0.15, -0.1) is 0 Å². The third kappa shape index (κ3) is 8.30. The highest BCUT2D eigenvalue weighted by Crippen LogP contribution is 2.38. The molecule has 1 aliphatic carbocycles. The van der Waals surface area contributed by atoms with Gasteiger partial charge in [0.1, 0.15) is 18.5 Å². The molecule has 3 atom stereocenters. The van der Waals surface area contributed by atoms with Crippen LogP contribution >= 0.6 is 0 Å². The third-order valence-electron chi connectivity index (χ3n) is 8.51. The molecule has 0 saturated carbocycles. The Labute approximate surface area is 267 Å². The second-order valence-corrected chi connectivity index (χ2v) is 11.7. The van der Waals surface area contributed by atoms with E-state index < -0.39 is 12.1 Å². The zero-order chi connectivity index (χ0) is 31.6. The van der Waals surface area contributed by atoms with Crippen LogP contribution in [0.2, 0.25) is 0 Å². The van der Waals surface area contributed by atoms with Crippen molar-refractivity contribution in [1.82, 2.24) is 0 Å². The van der Waals surface area contributed by atoms with E-state index in [2.05, 4.69) is 92.7 Å². The lowest BCUT2D eigenvalue weighted by Gasteiger charge is -2.23. The van der Waals surface area contributed by atoms with Gasteiger partial charge < -0.3 is 19.3 Å². The molecule has 0 radical (unpaired) electrons. The van der Waals surface area contributed by atoms with E-state index >= 15 is 0 Å². The van der Waals surface area contributed by atoms with Crippen LogP contribution in [-0.4, -0.2) is 37.0 Å². The smallest absolute Gasteiger partial charge is 0.333 e. The van der Waals surface area contributed by atoms with Crippen LogP contribution in [0.25, 0.3) is 12.2 Å². The maximum absolute atomic E-state index is 11.4. The average Bonchev–Trinajstić information content (AvgIpc) is 3.22. The van der Waals surface area contributed by atoms with E-state index in [1.807, 2.05) is 24.3 Å². The highest BCUT2D eigenvalue weighted by Gasteiger charge is 2.24. The number of aliphatic carboxylic acids is 1. The van der Waals surface area contributed by atoms with Gasteiger partial charge in [0.25, 0.3) is 0 Å². The largest absolute Gasteiger partial charge is 0.491 e. The summed E-state index contributed by atoms with van der Waals surface area (Å²) in [6.45, 7) is 7.45. The van der Waals surface area contributed by atoms with Gasteiger partial charge >= 0.3 is 5.97 Å². The molecule has 1 N–H and O–H groups in total. The van der Waals surface area contributed by atoms with Crippen molar-refractivity contribution in [2.45, 2.75) is 64.6 Å². The first kappa shape index (κ1) is 32.2. The van der Waals surface area contributed by atoms with Crippen molar-refractivity contribution < 1.29 is 24.1 Å². The summed E-state index contributed by atoms with van der Waals surface area (Å²) in [4.78, 5) is 11.4. The maximum Gasteiger partial charge on any atom is 0.333 e. The molecule has 0 aromatic heterocycles. The minimum Gasteiger partial charge on any atom is -0.491 e. The van der Waals surface area contributed by atoms with Crippen molar-refractivity contribution in [2.24, 2.45) is 0 Å². The standard InChI is InChI=1S/C40H44O5/c1-4-6-10-29-13-16-32-17-18-34-27-33(28(3)31-11-8-7-9-12-31)19-22-36(34)39(37(32)25-29)45-24-23-44-35-20-14-30(15-21-35)26-38(40(41)42)43-5-2/h7-9,11-22,25,27-28,38-39H,4-6,10,23-24,26H2,1-3H3,(H,41,42). The average molecular weight is 605 g/mol. The molecular weight excluding hydrogens is 560 g/mol. The number of carbonyl (C=O) groups is 1. The van der Waals surface area contributed by atoms with Crippen molar-refractivity contribution in [2.75, 3.05) is 19.8 Å². The SMILES string of the molecule is CCCCc1ccc2c(c1)C(OCCOc1ccc(CC(OCC)C(=O)O)cc1)c1ccc(C(C)c3ccccc3)cc1C=C2. The second-order valence-electron chi connectivity index (χ2n) is 11.7. The van der Waals surface area contributed by atoms with Crippen molar-refractivity contribution in [3.63, 3.8) is 0 Å². The molecule has 0 spiro atoms. The fourth-order valence-electron chi connectivity index (χ4n) is 5.93. The summed E-state index contributed by atoms with van der Waals surface area (Å²) in [7, 11) is 0. The second kappa shape index (κ2) is 15.7. The van der Waals surface area contributed by atoms with Gasteiger partial charge in [0.05, 0.1) is 6.61 Å². The molecule has 234 valence electrons. The van der Waals surface area contributed by atoms with Gasteiger partial charge in [-0.25, -0.2) is 4.79 Å². The maximum atomic E-state index is 11.4.